The maximum atomic E-state index is 12.8. The summed E-state index contributed by atoms with van der Waals surface area (Å²) in [6.45, 7) is 6.43. The van der Waals surface area contributed by atoms with Crippen molar-refractivity contribution in [3.8, 4) is 0 Å². The van der Waals surface area contributed by atoms with Gasteiger partial charge in [0, 0.05) is 19.3 Å². The molecule has 0 N–H and O–H groups in total. The molecule has 6 heteroatoms. The summed E-state index contributed by atoms with van der Waals surface area (Å²) in [6.07, 6.45) is 72.5. The predicted molar refractivity (Wildman–Crippen MR) is 288 cm³/mol. The highest BCUT2D eigenvalue weighted by atomic mass is 16.6. The molecule has 1 atom stereocenters. The molecule has 6 nitrogen and oxygen atoms in total. The standard InChI is InChI=1S/C61H102O6/c1-4-7-10-13-16-19-22-25-28-30-33-36-39-42-45-48-51-54-60(63)66-57-58(56-65-59(62)53-50-47-44-41-38-35-32-27-24-21-18-15-12-9-6-3)67-61(64)55-52-49-46-43-40-37-34-31-29-26-23-20-17-14-11-8-5-2/h7,10,16,18-19,21,25-29,32-33,36,42,45,58H,4-6,8-9,11-15,17,20,22-24,30-31,34-35,37-41,43-44,46-57H2,1-3H3/b10-7-,19-16-,21-18-,28-25-,29-26-,32-27-,36-33-,45-42-/t58-/m1/s1. The number of carbonyl (C=O) groups is 3. The number of rotatable bonds is 49. The molecule has 0 unspecified atom stereocenters. The monoisotopic (exact) mass is 931 g/mol. The van der Waals surface area contributed by atoms with E-state index in [0.29, 0.717) is 19.3 Å². The molecule has 382 valence electrons. The first kappa shape index (κ1) is 63.3. The molecule has 0 aromatic rings. The molecule has 67 heavy (non-hydrogen) atoms. The molecule has 0 aliphatic heterocycles. The molecule has 0 radical (unpaired) electrons. The summed E-state index contributed by atoms with van der Waals surface area (Å²) in [5.41, 5.74) is 0. The number of hydrogen-bond donors (Lipinski definition) is 0. The number of carbonyl (C=O) groups excluding carboxylic acids is 3. The lowest BCUT2D eigenvalue weighted by Gasteiger charge is -2.18. The molecule has 0 saturated heterocycles. The van der Waals surface area contributed by atoms with E-state index in [4.69, 9.17) is 14.2 Å². The second-order valence-corrected chi connectivity index (χ2v) is 18.1. The molecular weight excluding hydrogens is 829 g/mol. The topological polar surface area (TPSA) is 78.9 Å². The van der Waals surface area contributed by atoms with Crippen molar-refractivity contribution < 1.29 is 28.6 Å². The van der Waals surface area contributed by atoms with Gasteiger partial charge in [0.25, 0.3) is 0 Å². The molecule has 0 rings (SSSR count). The van der Waals surface area contributed by atoms with Gasteiger partial charge in [-0.15, -0.1) is 0 Å². The van der Waals surface area contributed by atoms with Gasteiger partial charge in [-0.2, -0.15) is 0 Å². The lowest BCUT2D eigenvalue weighted by Crippen LogP contribution is -2.30. The van der Waals surface area contributed by atoms with Crippen LogP contribution in [-0.4, -0.2) is 37.2 Å². The van der Waals surface area contributed by atoms with Crippen LogP contribution in [0.5, 0.6) is 0 Å². The van der Waals surface area contributed by atoms with Crippen LogP contribution in [0.25, 0.3) is 0 Å². The highest BCUT2D eigenvalue weighted by Gasteiger charge is 2.19. The second kappa shape index (κ2) is 54.9. The minimum atomic E-state index is -0.809. The van der Waals surface area contributed by atoms with Crippen LogP contribution in [0.3, 0.4) is 0 Å². The van der Waals surface area contributed by atoms with Crippen molar-refractivity contribution in [2.75, 3.05) is 13.2 Å². The van der Waals surface area contributed by atoms with E-state index >= 15 is 0 Å². The number of unbranched alkanes of at least 4 members (excludes halogenated alkanes) is 22. The molecule has 0 amide bonds. The van der Waals surface area contributed by atoms with Gasteiger partial charge in [-0.3, -0.25) is 14.4 Å². The van der Waals surface area contributed by atoms with Crippen molar-refractivity contribution in [3.63, 3.8) is 0 Å². The Morgan fingerprint density at radius 2 is 0.597 bits per heavy atom. The van der Waals surface area contributed by atoms with Crippen LogP contribution in [0.1, 0.15) is 252 Å². The van der Waals surface area contributed by atoms with Gasteiger partial charge in [-0.25, -0.2) is 0 Å². The van der Waals surface area contributed by atoms with E-state index in [1.54, 1.807) is 0 Å². The number of allylic oxidation sites excluding steroid dienone is 16. The zero-order valence-corrected chi connectivity index (χ0v) is 43.6. The van der Waals surface area contributed by atoms with E-state index in [1.165, 1.54) is 103 Å². The van der Waals surface area contributed by atoms with E-state index in [-0.39, 0.29) is 37.5 Å². The van der Waals surface area contributed by atoms with Crippen molar-refractivity contribution in [1.29, 1.82) is 0 Å². The molecule has 0 aliphatic carbocycles. The summed E-state index contributed by atoms with van der Waals surface area (Å²) in [5, 5.41) is 0. The van der Waals surface area contributed by atoms with Crippen molar-refractivity contribution >= 4 is 17.9 Å². The molecule has 0 aromatic carbocycles. The van der Waals surface area contributed by atoms with E-state index in [0.717, 1.165) is 103 Å². The smallest absolute Gasteiger partial charge is 0.306 e. The summed E-state index contributed by atoms with van der Waals surface area (Å²) < 4.78 is 16.8. The predicted octanol–water partition coefficient (Wildman–Crippen LogP) is 18.5. The third-order valence-corrected chi connectivity index (χ3v) is 11.5. The van der Waals surface area contributed by atoms with Gasteiger partial charge in [0.2, 0.25) is 0 Å². The molecule has 0 bridgehead atoms. The first-order valence-corrected chi connectivity index (χ1v) is 27.7. The van der Waals surface area contributed by atoms with Crippen molar-refractivity contribution in [2.24, 2.45) is 0 Å². The molecular formula is C61H102O6. The summed E-state index contributed by atoms with van der Waals surface area (Å²) in [4.78, 5) is 38.1. The molecule has 0 heterocycles. The number of hydrogen-bond acceptors (Lipinski definition) is 6. The lowest BCUT2D eigenvalue weighted by molar-refractivity contribution is -0.167. The van der Waals surface area contributed by atoms with E-state index in [2.05, 4.69) is 118 Å². The summed E-state index contributed by atoms with van der Waals surface area (Å²) in [5.74, 6) is -0.981. The Bertz CT molecular complexity index is 1350. The number of ether oxygens (including phenoxy) is 3. The second-order valence-electron chi connectivity index (χ2n) is 18.1. The maximum absolute atomic E-state index is 12.8. The van der Waals surface area contributed by atoms with Crippen molar-refractivity contribution in [2.45, 2.75) is 258 Å². The third-order valence-electron chi connectivity index (χ3n) is 11.5. The Morgan fingerprint density at radius 1 is 0.313 bits per heavy atom. The summed E-state index contributed by atoms with van der Waals surface area (Å²) in [6, 6.07) is 0. The summed E-state index contributed by atoms with van der Waals surface area (Å²) in [7, 11) is 0. The highest BCUT2D eigenvalue weighted by molar-refractivity contribution is 5.71. The van der Waals surface area contributed by atoms with Crippen molar-refractivity contribution in [1.82, 2.24) is 0 Å². The Kier molecular flexibility index (Phi) is 51.9. The average molecular weight is 931 g/mol. The number of esters is 3. The van der Waals surface area contributed by atoms with Gasteiger partial charge in [0.15, 0.2) is 6.10 Å². The molecule has 0 spiro atoms. The van der Waals surface area contributed by atoms with E-state index < -0.39 is 6.10 Å². The molecule has 0 fully saturated rings. The minimum absolute atomic E-state index is 0.105. The van der Waals surface area contributed by atoms with Crippen LogP contribution < -0.4 is 0 Å². The Labute approximate surface area is 413 Å². The van der Waals surface area contributed by atoms with Gasteiger partial charge in [-0.05, 0) is 116 Å². The first-order chi connectivity index (χ1) is 33.0. The SMILES string of the molecule is CC/C=C\C/C=C\C/C=C\C/C=C\C/C=C\CCCC(=O)OC[C@@H](COC(=O)CCCCCCC/C=C\C/C=C\CCCCC)OC(=O)CCCCCCCCC/C=C\CCCCCCCC. The largest absolute Gasteiger partial charge is 0.462 e. The highest BCUT2D eigenvalue weighted by Crippen LogP contribution is 2.14. The van der Waals surface area contributed by atoms with E-state index in [9.17, 15) is 14.4 Å². The maximum Gasteiger partial charge on any atom is 0.306 e. The van der Waals surface area contributed by atoms with Gasteiger partial charge < -0.3 is 14.2 Å². The van der Waals surface area contributed by atoms with Crippen LogP contribution in [0.4, 0.5) is 0 Å². The fourth-order valence-electron chi connectivity index (χ4n) is 7.38. The van der Waals surface area contributed by atoms with Gasteiger partial charge in [-0.1, -0.05) is 214 Å². The van der Waals surface area contributed by atoms with Gasteiger partial charge in [0.05, 0.1) is 0 Å². The first-order valence-electron chi connectivity index (χ1n) is 27.7. The average Bonchev–Trinajstić information content (AvgIpc) is 3.33. The van der Waals surface area contributed by atoms with E-state index in [1.807, 2.05) is 0 Å². The molecule has 0 aromatic heterocycles. The van der Waals surface area contributed by atoms with Crippen LogP contribution in [0, 0.1) is 0 Å². The van der Waals surface area contributed by atoms with Crippen molar-refractivity contribution in [3.05, 3.63) is 97.2 Å². The molecule has 0 aliphatic rings. The van der Waals surface area contributed by atoms with Gasteiger partial charge in [0.1, 0.15) is 13.2 Å². The normalized spacial score (nSPS) is 12.8. The van der Waals surface area contributed by atoms with Gasteiger partial charge >= 0.3 is 17.9 Å². The zero-order chi connectivity index (χ0) is 48.6. The molecule has 0 saturated carbocycles. The van der Waals surface area contributed by atoms with Crippen LogP contribution in [0.15, 0.2) is 97.2 Å². The quantitative estimate of drug-likeness (QED) is 0.0262. The van der Waals surface area contributed by atoms with Crippen LogP contribution in [-0.2, 0) is 28.6 Å². The minimum Gasteiger partial charge on any atom is -0.462 e. The zero-order valence-electron chi connectivity index (χ0n) is 43.6. The van der Waals surface area contributed by atoms with Crippen LogP contribution in [0.2, 0.25) is 0 Å². The van der Waals surface area contributed by atoms with Crippen LogP contribution >= 0.6 is 0 Å². The lowest BCUT2D eigenvalue weighted by atomic mass is 10.1. The Morgan fingerprint density at radius 3 is 1.01 bits per heavy atom. The summed E-state index contributed by atoms with van der Waals surface area (Å²) >= 11 is 0. The fourth-order valence-corrected chi connectivity index (χ4v) is 7.38. The third kappa shape index (κ3) is 53.2. The Balaban J connectivity index is 4.51. The Hall–Kier alpha value is -3.67. The fraction of sp³-hybridized carbons (Fsp3) is 0.689.